The number of benzene rings is 1. The van der Waals surface area contributed by atoms with Gasteiger partial charge in [-0.3, -0.25) is 19.8 Å². The second kappa shape index (κ2) is 9.73. The molecule has 2 N–H and O–H groups in total. The summed E-state index contributed by atoms with van der Waals surface area (Å²) in [6, 6.07) is 7.57. The standard InChI is InChI=1S/C22H23F3N6O/c1-14(26-7-8-27-19-12-29-31(3)13-19)16-5-4-6-18(9-16)30-21(32)20-10-17(22(23,24)25)11-28-15(20)2/h4-12,14,29H,13H2,1-3H3,(H,30,32). The Kier molecular flexibility index (Phi) is 7.04. The number of aryl methyl sites for hydroxylation is 1. The van der Waals surface area contributed by atoms with Gasteiger partial charge in [0.05, 0.1) is 35.1 Å². The van der Waals surface area contributed by atoms with E-state index < -0.39 is 17.6 Å². The van der Waals surface area contributed by atoms with Gasteiger partial charge in [-0.15, -0.1) is 0 Å². The molecule has 1 aromatic heterocycles. The van der Waals surface area contributed by atoms with Gasteiger partial charge in [0.15, 0.2) is 0 Å². The van der Waals surface area contributed by atoms with Crippen LogP contribution in [0, 0.1) is 6.92 Å². The maximum absolute atomic E-state index is 13.0. The van der Waals surface area contributed by atoms with Gasteiger partial charge in [0.2, 0.25) is 0 Å². The molecule has 0 bridgehead atoms. The second-order valence-electron chi connectivity index (χ2n) is 7.31. The number of halogens is 3. The van der Waals surface area contributed by atoms with Crippen molar-refractivity contribution < 1.29 is 18.0 Å². The lowest BCUT2D eigenvalue weighted by atomic mass is 10.1. The van der Waals surface area contributed by atoms with Crippen LogP contribution in [0.1, 0.15) is 40.1 Å². The van der Waals surface area contributed by atoms with Gasteiger partial charge in [0.1, 0.15) is 0 Å². The van der Waals surface area contributed by atoms with Crippen LogP contribution in [0.3, 0.4) is 0 Å². The predicted molar refractivity (Wildman–Crippen MR) is 118 cm³/mol. The largest absolute Gasteiger partial charge is 0.417 e. The smallest absolute Gasteiger partial charge is 0.324 e. The normalized spacial score (nSPS) is 15.8. The van der Waals surface area contributed by atoms with E-state index in [1.807, 2.05) is 31.2 Å². The summed E-state index contributed by atoms with van der Waals surface area (Å²) < 4.78 is 38.9. The maximum atomic E-state index is 13.0. The molecule has 1 amide bonds. The Morgan fingerprint density at radius 1 is 1.31 bits per heavy atom. The van der Waals surface area contributed by atoms with E-state index in [1.165, 1.54) is 6.92 Å². The van der Waals surface area contributed by atoms with Crippen LogP contribution in [0.15, 0.2) is 58.4 Å². The average molecular weight is 444 g/mol. The molecule has 10 heteroatoms. The number of aliphatic imine (C=N–C) groups is 2. The highest BCUT2D eigenvalue weighted by atomic mass is 19.4. The fraction of sp³-hybridized carbons (Fsp3) is 0.273. The van der Waals surface area contributed by atoms with E-state index >= 15 is 0 Å². The third-order valence-electron chi connectivity index (χ3n) is 4.75. The molecule has 1 unspecified atom stereocenters. The van der Waals surface area contributed by atoms with Crippen molar-refractivity contribution in [3.63, 3.8) is 0 Å². The van der Waals surface area contributed by atoms with Crippen molar-refractivity contribution in [1.29, 1.82) is 0 Å². The van der Waals surface area contributed by atoms with Gasteiger partial charge in [0, 0.05) is 37.6 Å². The molecule has 7 nitrogen and oxygen atoms in total. The molecule has 0 fully saturated rings. The van der Waals surface area contributed by atoms with Crippen molar-refractivity contribution in [3.05, 3.63) is 70.8 Å². The van der Waals surface area contributed by atoms with Crippen LogP contribution in [0.4, 0.5) is 18.9 Å². The number of pyridine rings is 1. The number of amides is 1. The van der Waals surface area contributed by atoms with Crippen LogP contribution in [-0.4, -0.2) is 41.9 Å². The topological polar surface area (TPSA) is 82.0 Å². The van der Waals surface area contributed by atoms with Gasteiger partial charge in [-0.2, -0.15) is 13.2 Å². The molecule has 0 spiro atoms. The number of hydrazine groups is 1. The van der Waals surface area contributed by atoms with Gasteiger partial charge in [-0.1, -0.05) is 12.1 Å². The van der Waals surface area contributed by atoms with Crippen LogP contribution >= 0.6 is 0 Å². The molecule has 1 aliphatic rings. The number of hydrogen-bond acceptors (Lipinski definition) is 6. The van der Waals surface area contributed by atoms with Crippen LogP contribution in [0.5, 0.6) is 0 Å². The number of alkyl halides is 3. The van der Waals surface area contributed by atoms with Crippen molar-refractivity contribution in [2.24, 2.45) is 9.98 Å². The van der Waals surface area contributed by atoms with E-state index in [0.717, 1.165) is 17.3 Å². The molecule has 0 saturated carbocycles. The van der Waals surface area contributed by atoms with Crippen molar-refractivity contribution in [1.82, 2.24) is 15.4 Å². The highest BCUT2D eigenvalue weighted by Crippen LogP contribution is 2.30. The van der Waals surface area contributed by atoms with Crippen LogP contribution < -0.4 is 10.7 Å². The van der Waals surface area contributed by atoms with Crippen molar-refractivity contribution in [3.8, 4) is 0 Å². The number of carbonyl (C=O) groups is 1. The summed E-state index contributed by atoms with van der Waals surface area (Å²) in [6.07, 6.45) is 1.16. The zero-order valence-electron chi connectivity index (χ0n) is 17.8. The molecule has 1 aromatic carbocycles. The zero-order chi connectivity index (χ0) is 23.3. The lowest BCUT2D eigenvalue weighted by Gasteiger charge is -2.12. The third kappa shape index (κ3) is 6.01. The number of nitrogens with zero attached hydrogens (tertiary/aromatic N) is 4. The number of anilines is 1. The summed E-state index contributed by atoms with van der Waals surface area (Å²) in [7, 11) is 1.91. The summed E-state index contributed by atoms with van der Waals surface area (Å²) in [5.41, 5.74) is 4.28. The first kappa shape index (κ1) is 23.1. The molecular formula is C22H23F3N6O. The molecule has 32 heavy (non-hydrogen) atoms. The van der Waals surface area contributed by atoms with Gasteiger partial charge in [-0.25, -0.2) is 5.01 Å². The SMILES string of the molecule is Cc1ncc(C(F)(F)F)cc1C(=O)Nc1cccc(C(C)N=CC=NC2=CNN(C)C2)c1. The summed E-state index contributed by atoms with van der Waals surface area (Å²) >= 11 is 0. The van der Waals surface area contributed by atoms with Crippen molar-refractivity contribution >= 4 is 24.0 Å². The van der Waals surface area contributed by atoms with E-state index in [9.17, 15) is 18.0 Å². The van der Waals surface area contributed by atoms with Gasteiger partial charge >= 0.3 is 6.18 Å². The third-order valence-corrected chi connectivity index (χ3v) is 4.75. The number of aromatic nitrogens is 1. The van der Waals surface area contributed by atoms with E-state index in [2.05, 4.69) is 25.7 Å². The molecule has 2 aromatic rings. The fourth-order valence-electron chi connectivity index (χ4n) is 2.97. The Balaban J connectivity index is 1.67. The molecule has 1 atom stereocenters. The summed E-state index contributed by atoms with van der Waals surface area (Å²) in [5, 5.41) is 4.53. The Morgan fingerprint density at radius 2 is 2.09 bits per heavy atom. The molecule has 1 aliphatic heterocycles. The quantitative estimate of drug-likeness (QED) is 0.656. The molecule has 0 radical (unpaired) electrons. The lowest BCUT2D eigenvalue weighted by Crippen LogP contribution is -2.24. The molecule has 3 rings (SSSR count). The number of carbonyl (C=O) groups excluding carboxylic acids is 1. The minimum atomic E-state index is -4.58. The number of hydrogen-bond donors (Lipinski definition) is 2. The van der Waals surface area contributed by atoms with Crippen LogP contribution in [-0.2, 0) is 6.18 Å². The van der Waals surface area contributed by atoms with Crippen molar-refractivity contribution in [2.75, 3.05) is 18.9 Å². The fourth-order valence-corrected chi connectivity index (χ4v) is 2.97. The second-order valence-corrected chi connectivity index (χ2v) is 7.31. The molecule has 2 heterocycles. The summed E-state index contributed by atoms with van der Waals surface area (Å²) in [6.45, 7) is 4.07. The first-order chi connectivity index (χ1) is 15.1. The Bertz CT molecular complexity index is 1080. The monoisotopic (exact) mass is 444 g/mol. The summed E-state index contributed by atoms with van der Waals surface area (Å²) in [5.74, 6) is -0.662. The van der Waals surface area contributed by atoms with Crippen molar-refractivity contribution in [2.45, 2.75) is 26.1 Å². The Labute approximate surface area is 183 Å². The Hall–Kier alpha value is -3.53. The zero-order valence-corrected chi connectivity index (χ0v) is 17.8. The van der Waals surface area contributed by atoms with Crippen LogP contribution in [0.25, 0.3) is 0 Å². The minimum Gasteiger partial charge on any atom is -0.324 e. The number of nitrogens with one attached hydrogen (secondary N) is 2. The van der Waals surface area contributed by atoms with E-state index in [1.54, 1.807) is 30.6 Å². The average Bonchev–Trinajstić information content (AvgIpc) is 3.15. The predicted octanol–water partition coefficient (Wildman–Crippen LogP) is 4.16. The minimum absolute atomic E-state index is 0.131. The molecule has 0 aliphatic carbocycles. The van der Waals surface area contributed by atoms with Gasteiger partial charge in [-0.05, 0) is 37.6 Å². The first-order valence-electron chi connectivity index (χ1n) is 9.81. The van der Waals surface area contributed by atoms with Gasteiger partial charge < -0.3 is 10.7 Å². The van der Waals surface area contributed by atoms with E-state index in [0.29, 0.717) is 18.4 Å². The molecule has 0 saturated heterocycles. The Morgan fingerprint density at radius 3 is 2.78 bits per heavy atom. The summed E-state index contributed by atoms with van der Waals surface area (Å²) in [4.78, 5) is 25.0. The van der Waals surface area contributed by atoms with Crippen LogP contribution in [0.2, 0.25) is 0 Å². The molecular weight excluding hydrogens is 421 g/mol. The maximum Gasteiger partial charge on any atom is 0.417 e. The van der Waals surface area contributed by atoms with E-state index in [-0.39, 0.29) is 17.3 Å². The highest BCUT2D eigenvalue weighted by Gasteiger charge is 2.32. The van der Waals surface area contributed by atoms with E-state index in [4.69, 9.17) is 0 Å². The lowest BCUT2D eigenvalue weighted by molar-refractivity contribution is -0.137. The highest BCUT2D eigenvalue weighted by molar-refractivity contribution is 6.16. The number of rotatable bonds is 6. The molecule has 168 valence electrons. The first-order valence-corrected chi connectivity index (χ1v) is 9.81. The van der Waals surface area contributed by atoms with Gasteiger partial charge in [0.25, 0.3) is 5.91 Å². The number of likely N-dealkylation sites (N-methyl/N-ethyl adjacent to an activating group) is 1.